The van der Waals surface area contributed by atoms with E-state index in [0.717, 1.165) is 6.07 Å². The Labute approximate surface area is 92.4 Å². The molecule has 0 radical (unpaired) electrons. The van der Waals surface area contributed by atoms with Gasteiger partial charge in [-0.1, -0.05) is 0 Å². The van der Waals surface area contributed by atoms with Gasteiger partial charge in [0.2, 0.25) is 5.56 Å². The molecule has 0 saturated carbocycles. The summed E-state index contributed by atoms with van der Waals surface area (Å²) >= 11 is 1.35. The van der Waals surface area contributed by atoms with Crippen LogP contribution in [-0.4, -0.2) is 4.98 Å². The Balaban J connectivity index is 2.57. The van der Waals surface area contributed by atoms with Crippen LogP contribution in [0.4, 0.5) is 13.2 Å². The van der Waals surface area contributed by atoms with Crippen molar-refractivity contribution in [2.75, 3.05) is 0 Å². The molecular formula is C10H6F3NOS. The lowest BCUT2D eigenvalue weighted by atomic mass is 10.1. The Morgan fingerprint density at radius 3 is 2.56 bits per heavy atom. The summed E-state index contributed by atoms with van der Waals surface area (Å²) in [6.45, 7) is 0. The Morgan fingerprint density at radius 1 is 1.25 bits per heavy atom. The van der Waals surface area contributed by atoms with Gasteiger partial charge in [-0.15, -0.1) is 0 Å². The molecule has 2 rings (SSSR count). The molecule has 2 nitrogen and oxygen atoms in total. The van der Waals surface area contributed by atoms with Crippen molar-refractivity contribution in [3.63, 3.8) is 0 Å². The normalized spacial score (nSPS) is 11.7. The van der Waals surface area contributed by atoms with Crippen molar-refractivity contribution in [3.05, 3.63) is 44.9 Å². The molecule has 0 fully saturated rings. The number of aromatic amines is 1. The predicted molar refractivity (Wildman–Crippen MR) is 55.4 cm³/mol. The van der Waals surface area contributed by atoms with E-state index in [2.05, 4.69) is 4.98 Å². The average molecular weight is 245 g/mol. The van der Waals surface area contributed by atoms with Gasteiger partial charge in [0.05, 0.1) is 5.56 Å². The number of nitrogens with one attached hydrogen (secondary N) is 1. The maximum absolute atomic E-state index is 12.4. The minimum atomic E-state index is -4.50. The van der Waals surface area contributed by atoms with Crippen molar-refractivity contribution in [1.29, 1.82) is 0 Å². The minimum absolute atomic E-state index is 0.182. The van der Waals surface area contributed by atoms with Crippen LogP contribution in [0.25, 0.3) is 11.3 Å². The molecule has 0 aliphatic heterocycles. The van der Waals surface area contributed by atoms with Gasteiger partial charge in [0, 0.05) is 22.7 Å². The van der Waals surface area contributed by atoms with Crippen molar-refractivity contribution in [2.24, 2.45) is 0 Å². The maximum Gasteiger partial charge on any atom is 0.416 e. The van der Waals surface area contributed by atoms with Gasteiger partial charge in [-0.2, -0.15) is 24.5 Å². The third-order valence-corrected chi connectivity index (χ3v) is 2.69. The van der Waals surface area contributed by atoms with Gasteiger partial charge >= 0.3 is 6.18 Å². The lowest BCUT2D eigenvalue weighted by molar-refractivity contribution is -0.137. The molecule has 0 bridgehead atoms. The van der Waals surface area contributed by atoms with Gasteiger partial charge in [-0.3, -0.25) is 4.79 Å². The Kier molecular flexibility index (Phi) is 2.59. The van der Waals surface area contributed by atoms with Crippen molar-refractivity contribution < 1.29 is 13.2 Å². The number of pyridine rings is 1. The van der Waals surface area contributed by atoms with Gasteiger partial charge < -0.3 is 4.98 Å². The van der Waals surface area contributed by atoms with Gasteiger partial charge in [0.25, 0.3) is 0 Å². The number of thiophene rings is 1. The third kappa shape index (κ3) is 2.16. The van der Waals surface area contributed by atoms with Crippen LogP contribution in [0.15, 0.2) is 33.8 Å². The highest BCUT2D eigenvalue weighted by atomic mass is 32.1. The van der Waals surface area contributed by atoms with E-state index in [1.54, 1.807) is 16.8 Å². The number of hydrogen-bond acceptors (Lipinski definition) is 2. The molecule has 0 amide bonds. The van der Waals surface area contributed by atoms with Crippen molar-refractivity contribution >= 4 is 11.3 Å². The molecule has 1 N–H and O–H groups in total. The first-order chi connectivity index (χ1) is 7.47. The molecule has 2 aromatic rings. The molecule has 0 aliphatic carbocycles. The second-order valence-corrected chi connectivity index (χ2v) is 3.94. The largest absolute Gasteiger partial charge is 0.416 e. The van der Waals surface area contributed by atoms with E-state index in [1.807, 2.05) is 0 Å². The number of rotatable bonds is 1. The fourth-order valence-corrected chi connectivity index (χ4v) is 1.94. The van der Waals surface area contributed by atoms with E-state index in [-0.39, 0.29) is 5.69 Å². The summed E-state index contributed by atoms with van der Waals surface area (Å²) in [5.74, 6) is 0. The SMILES string of the molecule is O=c1cc(C(F)(F)F)cc(-c2ccsc2)[nH]1. The zero-order valence-corrected chi connectivity index (χ0v) is 8.65. The first kappa shape index (κ1) is 10.9. The van der Waals surface area contributed by atoms with E-state index in [1.165, 1.54) is 11.3 Å². The minimum Gasteiger partial charge on any atom is -0.322 e. The average Bonchev–Trinajstić information content (AvgIpc) is 2.68. The number of aromatic nitrogens is 1. The monoisotopic (exact) mass is 245 g/mol. The molecule has 0 unspecified atom stereocenters. The smallest absolute Gasteiger partial charge is 0.322 e. The maximum atomic E-state index is 12.4. The predicted octanol–water partition coefficient (Wildman–Crippen LogP) is 3.12. The number of halogens is 3. The number of alkyl halides is 3. The van der Waals surface area contributed by atoms with Crippen molar-refractivity contribution in [3.8, 4) is 11.3 Å². The van der Waals surface area contributed by atoms with E-state index >= 15 is 0 Å². The summed E-state index contributed by atoms with van der Waals surface area (Å²) in [6, 6.07) is 3.13. The Morgan fingerprint density at radius 2 is 2.00 bits per heavy atom. The summed E-state index contributed by atoms with van der Waals surface area (Å²) in [7, 11) is 0. The first-order valence-corrected chi connectivity index (χ1v) is 5.25. The van der Waals surface area contributed by atoms with Crippen molar-refractivity contribution in [1.82, 2.24) is 4.98 Å². The quantitative estimate of drug-likeness (QED) is 0.822. The van der Waals surface area contributed by atoms with E-state index in [4.69, 9.17) is 0 Å². The molecule has 2 heterocycles. The summed E-state index contributed by atoms with van der Waals surface area (Å²) in [5, 5.41) is 3.40. The van der Waals surface area contributed by atoms with Crippen LogP contribution >= 0.6 is 11.3 Å². The second-order valence-electron chi connectivity index (χ2n) is 3.16. The van der Waals surface area contributed by atoms with Gasteiger partial charge in [0.15, 0.2) is 0 Å². The zero-order chi connectivity index (χ0) is 11.8. The second kappa shape index (κ2) is 3.79. The molecule has 0 spiro atoms. The highest BCUT2D eigenvalue weighted by molar-refractivity contribution is 7.08. The summed E-state index contributed by atoms with van der Waals surface area (Å²) in [5.41, 5.74) is -0.928. The highest BCUT2D eigenvalue weighted by Gasteiger charge is 2.31. The van der Waals surface area contributed by atoms with Crippen LogP contribution in [0.5, 0.6) is 0 Å². The molecular weight excluding hydrogens is 239 g/mol. The standard InChI is InChI=1S/C10H6F3NOS/c11-10(12,13)7-3-8(14-9(15)4-7)6-1-2-16-5-6/h1-5H,(H,14,15). The van der Waals surface area contributed by atoms with Gasteiger partial charge in [0.1, 0.15) is 0 Å². The van der Waals surface area contributed by atoms with Crippen LogP contribution in [0.1, 0.15) is 5.56 Å². The Bertz CT molecular complexity index is 542. The zero-order valence-electron chi connectivity index (χ0n) is 7.84. The molecule has 0 aromatic carbocycles. The fraction of sp³-hybridized carbons (Fsp3) is 0.100. The molecule has 0 saturated heterocycles. The van der Waals surface area contributed by atoms with E-state index in [0.29, 0.717) is 11.6 Å². The van der Waals surface area contributed by atoms with Crippen LogP contribution in [0.2, 0.25) is 0 Å². The Hall–Kier alpha value is -1.56. The van der Waals surface area contributed by atoms with Crippen molar-refractivity contribution in [2.45, 2.75) is 6.18 Å². The van der Waals surface area contributed by atoms with Crippen LogP contribution in [-0.2, 0) is 6.18 Å². The molecule has 2 aromatic heterocycles. The van der Waals surface area contributed by atoms with Gasteiger partial charge in [-0.05, 0) is 17.5 Å². The fourth-order valence-electron chi connectivity index (χ4n) is 1.28. The summed E-state index contributed by atoms with van der Waals surface area (Å²) in [4.78, 5) is 13.5. The van der Waals surface area contributed by atoms with Crippen LogP contribution in [0.3, 0.4) is 0 Å². The lowest BCUT2D eigenvalue weighted by Crippen LogP contribution is -2.13. The molecule has 0 atom stereocenters. The van der Waals surface area contributed by atoms with Crippen LogP contribution < -0.4 is 5.56 Å². The lowest BCUT2D eigenvalue weighted by Gasteiger charge is -2.07. The summed E-state index contributed by atoms with van der Waals surface area (Å²) in [6.07, 6.45) is -4.50. The van der Waals surface area contributed by atoms with E-state index in [9.17, 15) is 18.0 Å². The summed E-state index contributed by atoms with van der Waals surface area (Å²) < 4.78 is 37.3. The topological polar surface area (TPSA) is 32.9 Å². The van der Waals surface area contributed by atoms with E-state index < -0.39 is 17.3 Å². The highest BCUT2D eigenvalue weighted by Crippen LogP contribution is 2.30. The third-order valence-electron chi connectivity index (χ3n) is 2.00. The number of H-pyrrole nitrogens is 1. The van der Waals surface area contributed by atoms with Crippen LogP contribution in [0, 0.1) is 0 Å². The first-order valence-electron chi connectivity index (χ1n) is 4.31. The molecule has 16 heavy (non-hydrogen) atoms. The number of hydrogen-bond donors (Lipinski definition) is 1. The molecule has 0 aliphatic rings. The van der Waals surface area contributed by atoms with Gasteiger partial charge in [-0.25, -0.2) is 0 Å². The molecule has 6 heteroatoms. The molecule has 84 valence electrons.